The molecule has 0 saturated heterocycles. The summed E-state index contributed by atoms with van der Waals surface area (Å²) in [6.07, 6.45) is 13.1. The SMILES string of the molecule is C[C@]1(CNc2ncc(C3CCCCC3)s2)C[C@H](NC#N)C1. The number of hydrogen-bond acceptors (Lipinski definition) is 5. The van der Waals surface area contributed by atoms with E-state index in [1.165, 1.54) is 37.0 Å². The standard InChI is InChI=1S/C16H24N4S/c1-16(7-13(8-16)20-11-17)10-19-15-18-9-14(21-15)12-5-3-2-4-6-12/h9,12-13,20H,2-8,10H2,1H3,(H,18,19)/t13-,16-. The molecule has 0 atom stereocenters. The number of rotatable bonds is 5. The lowest BCUT2D eigenvalue weighted by Crippen LogP contribution is -2.49. The molecule has 0 bridgehead atoms. The maximum atomic E-state index is 8.62. The highest BCUT2D eigenvalue weighted by atomic mass is 32.1. The summed E-state index contributed by atoms with van der Waals surface area (Å²) in [6.45, 7) is 3.24. The summed E-state index contributed by atoms with van der Waals surface area (Å²) in [6, 6.07) is 0.371. The molecule has 2 fully saturated rings. The van der Waals surface area contributed by atoms with Crippen LogP contribution in [0.2, 0.25) is 0 Å². The first kappa shape index (κ1) is 14.6. The number of nitrogens with zero attached hydrogens (tertiary/aromatic N) is 2. The second-order valence-electron chi connectivity index (χ2n) is 6.93. The van der Waals surface area contributed by atoms with E-state index < -0.39 is 0 Å². The van der Waals surface area contributed by atoms with Gasteiger partial charge in [-0.3, -0.25) is 0 Å². The van der Waals surface area contributed by atoms with Crippen LogP contribution in [0.5, 0.6) is 0 Å². The molecule has 114 valence electrons. The van der Waals surface area contributed by atoms with Crippen LogP contribution < -0.4 is 10.6 Å². The van der Waals surface area contributed by atoms with Crippen molar-refractivity contribution in [3.05, 3.63) is 11.1 Å². The molecule has 5 heteroatoms. The minimum Gasteiger partial charge on any atom is -0.361 e. The molecule has 0 unspecified atom stereocenters. The molecular formula is C16H24N4S. The molecule has 2 aliphatic carbocycles. The maximum absolute atomic E-state index is 8.62. The van der Waals surface area contributed by atoms with Gasteiger partial charge in [0.05, 0.1) is 0 Å². The van der Waals surface area contributed by atoms with Crippen LogP contribution in [-0.2, 0) is 0 Å². The monoisotopic (exact) mass is 304 g/mol. The van der Waals surface area contributed by atoms with Crippen molar-refractivity contribution in [2.75, 3.05) is 11.9 Å². The summed E-state index contributed by atoms with van der Waals surface area (Å²) in [5.74, 6) is 0.746. The van der Waals surface area contributed by atoms with Crippen molar-refractivity contribution >= 4 is 16.5 Å². The van der Waals surface area contributed by atoms with E-state index in [9.17, 15) is 0 Å². The number of thiazole rings is 1. The van der Waals surface area contributed by atoms with Gasteiger partial charge in [-0.2, -0.15) is 5.26 Å². The largest absolute Gasteiger partial charge is 0.361 e. The Kier molecular flexibility index (Phi) is 4.34. The molecule has 21 heavy (non-hydrogen) atoms. The molecule has 4 nitrogen and oxygen atoms in total. The van der Waals surface area contributed by atoms with Crippen molar-refractivity contribution in [2.45, 2.75) is 63.8 Å². The fraction of sp³-hybridized carbons (Fsp3) is 0.750. The van der Waals surface area contributed by atoms with Crippen molar-refractivity contribution in [2.24, 2.45) is 5.41 Å². The van der Waals surface area contributed by atoms with Crippen molar-refractivity contribution in [1.29, 1.82) is 5.26 Å². The zero-order valence-electron chi connectivity index (χ0n) is 12.7. The highest BCUT2D eigenvalue weighted by Crippen LogP contribution is 2.41. The smallest absolute Gasteiger partial charge is 0.182 e. The average Bonchev–Trinajstić information content (AvgIpc) is 2.94. The topological polar surface area (TPSA) is 60.7 Å². The molecule has 0 spiro atoms. The quantitative estimate of drug-likeness (QED) is 0.641. The van der Waals surface area contributed by atoms with Gasteiger partial charge in [0.25, 0.3) is 0 Å². The first-order valence-electron chi connectivity index (χ1n) is 8.03. The molecule has 0 radical (unpaired) electrons. The lowest BCUT2D eigenvalue weighted by molar-refractivity contribution is 0.130. The normalized spacial score (nSPS) is 29.4. The number of anilines is 1. The Morgan fingerprint density at radius 1 is 1.38 bits per heavy atom. The van der Waals surface area contributed by atoms with Crippen LogP contribution in [0.1, 0.15) is 62.7 Å². The third-order valence-corrected chi connectivity index (χ3v) is 6.06. The maximum Gasteiger partial charge on any atom is 0.182 e. The van der Waals surface area contributed by atoms with Crippen LogP contribution in [-0.4, -0.2) is 17.6 Å². The highest BCUT2D eigenvalue weighted by molar-refractivity contribution is 7.15. The Bertz CT molecular complexity index is 507. The van der Waals surface area contributed by atoms with Crippen molar-refractivity contribution in [1.82, 2.24) is 10.3 Å². The second kappa shape index (κ2) is 6.23. The predicted octanol–water partition coefficient (Wildman–Crippen LogP) is 3.84. The zero-order valence-corrected chi connectivity index (χ0v) is 13.5. The van der Waals surface area contributed by atoms with Gasteiger partial charge in [-0.25, -0.2) is 4.98 Å². The molecule has 2 saturated carbocycles. The van der Waals surface area contributed by atoms with E-state index in [0.29, 0.717) is 11.5 Å². The van der Waals surface area contributed by atoms with Crippen LogP contribution in [0.4, 0.5) is 5.13 Å². The van der Waals surface area contributed by atoms with Gasteiger partial charge in [0.1, 0.15) is 0 Å². The predicted molar refractivity (Wildman–Crippen MR) is 86.3 cm³/mol. The molecule has 1 aromatic rings. The van der Waals surface area contributed by atoms with E-state index >= 15 is 0 Å². The zero-order chi connectivity index (χ0) is 14.7. The number of nitriles is 1. The lowest BCUT2D eigenvalue weighted by Gasteiger charge is -2.44. The molecule has 2 N–H and O–H groups in total. The Labute approximate surface area is 131 Å². The van der Waals surface area contributed by atoms with E-state index in [1.807, 2.05) is 17.5 Å². The van der Waals surface area contributed by atoms with Crippen LogP contribution in [0.3, 0.4) is 0 Å². The van der Waals surface area contributed by atoms with Gasteiger partial charge in [-0.15, -0.1) is 11.3 Å². The van der Waals surface area contributed by atoms with Gasteiger partial charge in [-0.05, 0) is 37.0 Å². The van der Waals surface area contributed by atoms with Gasteiger partial charge in [0.2, 0.25) is 0 Å². The third-order valence-electron chi connectivity index (χ3n) is 4.94. The lowest BCUT2D eigenvalue weighted by atomic mass is 9.67. The minimum absolute atomic E-state index is 0.297. The Hall–Kier alpha value is -1.28. The minimum atomic E-state index is 0.297. The molecular weight excluding hydrogens is 280 g/mol. The van der Waals surface area contributed by atoms with Crippen molar-refractivity contribution < 1.29 is 0 Å². The summed E-state index contributed by atoms with van der Waals surface area (Å²) in [5.41, 5.74) is 0.297. The molecule has 0 aromatic carbocycles. The van der Waals surface area contributed by atoms with Crippen LogP contribution in [0.25, 0.3) is 0 Å². The summed E-state index contributed by atoms with van der Waals surface area (Å²) >= 11 is 1.84. The molecule has 2 aliphatic rings. The van der Waals surface area contributed by atoms with E-state index in [2.05, 4.69) is 28.7 Å². The summed E-state index contributed by atoms with van der Waals surface area (Å²) < 4.78 is 0. The van der Waals surface area contributed by atoms with Gasteiger partial charge in [0, 0.05) is 23.7 Å². The Morgan fingerprint density at radius 3 is 2.86 bits per heavy atom. The summed E-state index contributed by atoms with van der Waals surface area (Å²) in [7, 11) is 0. The number of hydrogen-bond donors (Lipinski definition) is 2. The molecule has 3 rings (SSSR count). The second-order valence-corrected chi connectivity index (χ2v) is 7.99. The van der Waals surface area contributed by atoms with E-state index in [4.69, 9.17) is 5.26 Å². The van der Waals surface area contributed by atoms with E-state index in [-0.39, 0.29) is 0 Å². The Morgan fingerprint density at radius 2 is 2.14 bits per heavy atom. The van der Waals surface area contributed by atoms with Crippen LogP contribution >= 0.6 is 11.3 Å². The molecule has 1 heterocycles. The van der Waals surface area contributed by atoms with Crippen molar-refractivity contribution in [3.8, 4) is 6.19 Å². The van der Waals surface area contributed by atoms with Gasteiger partial charge in [-0.1, -0.05) is 26.2 Å². The summed E-state index contributed by atoms with van der Waals surface area (Å²) in [5, 5.41) is 16.0. The van der Waals surface area contributed by atoms with Crippen LogP contribution in [0, 0.1) is 16.9 Å². The molecule has 0 aliphatic heterocycles. The molecule has 1 aromatic heterocycles. The first-order chi connectivity index (χ1) is 10.2. The number of nitrogens with one attached hydrogen (secondary N) is 2. The van der Waals surface area contributed by atoms with Gasteiger partial charge in [0.15, 0.2) is 11.3 Å². The van der Waals surface area contributed by atoms with E-state index in [0.717, 1.165) is 30.4 Å². The highest BCUT2D eigenvalue weighted by Gasteiger charge is 2.40. The summed E-state index contributed by atoms with van der Waals surface area (Å²) in [4.78, 5) is 6.01. The fourth-order valence-electron chi connectivity index (χ4n) is 3.70. The number of aromatic nitrogens is 1. The third kappa shape index (κ3) is 3.49. The van der Waals surface area contributed by atoms with E-state index in [1.54, 1.807) is 0 Å². The average molecular weight is 304 g/mol. The fourth-order valence-corrected chi connectivity index (χ4v) is 4.68. The van der Waals surface area contributed by atoms with Gasteiger partial charge < -0.3 is 10.6 Å². The van der Waals surface area contributed by atoms with Gasteiger partial charge >= 0.3 is 0 Å². The van der Waals surface area contributed by atoms with Crippen LogP contribution in [0.15, 0.2) is 6.20 Å². The Balaban J connectivity index is 1.48. The molecule has 0 amide bonds. The first-order valence-corrected chi connectivity index (χ1v) is 8.84. The van der Waals surface area contributed by atoms with Crippen molar-refractivity contribution in [3.63, 3.8) is 0 Å².